The maximum atomic E-state index is 14.5. The molecule has 1 heterocycles. The van der Waals surface area contributed by atoms with Crippen LogP contribution in [0.15, 0.2) is 84.7 Å². The lowest BCUT2D eigenvalue weighted by Crippen LogP contribution is -2.39. The van der Waals surface area contributed by atoms with Crippen molar-refractivity contribution in [2.75, 3.05) is 13.7 Å². The molecule has 2 aromatic carbocycles. The van der Waals surface area contributed by atoms with Gasteiger partial charge in [-0.2, -0.15) is 5.10 Å². The topological polar surface area (TPSA) is 86.5 Å². The Kier molecular flexibility index (Phi) is 7.70. The van der Waals surface area contributed by atoms with Gasteiger partial charge in [-0.1, -0.05) is 30.4 Å². The van der Waals surface area contributed by atoms with E-state index in [-0.39, 0.29) is 24.5 Å². The van der Waals surface area contributed by atoms with Gasteiger partial charge in [-0.3, -0.25) is 4.79 Å². The highest BCUT2D eigenvalue weighted by molar-refractivity contribution is 6.06. The van der Waals surface area contributed by atoms with Gasteiger partial charge in [0.05, 0.1) is 19.4 Å². The van der Waals surface area contributed by atoms with Crippen molar-refractivity contribution in [1.29, 1.82) is 0 Å². The van der Waals surface area contributed by atoms with E-state index >= 15 is 0 Å². The number of ketones is 1. The van der Waals surface area contributed by atoms with E-state index in [0.717, 1.165) is 17.4 Å². The number of carbonyl (C=O) groups is 1. The van der Waals surface area contributed by atoms with Crippen molar-refractivity contribution in [3.8, 4) is 5.75 Å². The summed E-state index contributed by atoms with van der Waals surface area (Å²) in [7, 11) is 1.61. The lowest BCUT2D eigenvalue weighted by molar-refractivity contribution is -0.111. The molecular weight excluding hydrogens is 468 g/mol. The van der Waals surface area contributed by atoms with Crippen molar-refractivity contribution in [3.05, 3.63) is 107 Å². The summed E-state index contributed by atoms with van der Waals surface area (Å²) in [5.41, 5.74) is -0.474. The van der Waals surface area contributed by atoms with Gasteiger partial charge in [-0.25, -0.2) is 18.4 Å². The molecule has 0 spiro atoms. The van der Waals surface area contributed by atoms with Crippen LogP contribution in [0.1, 0.15) is 24.0 Å². The van der Waals surface area contributed by atoms with Crippen LogP contribution >= 0.6 is 0 Å². The molecule has 186 valence electrons. The molecule has 3 aromatic rings. The molecule has 0 saturated heterocycles. The van der Waals surface area contributed by atoms with E-state index in [1.807, 2.05) is 0 Å². The Hall–Kier alpha value is -4.11. The third kappa shape index (κ3) is 6.11. The van der Waals surface area contributed by atoms with Crippen LogP contribution in [0.4, 0.5) is 8.78 Å². The Labute approximate surface area is 207 Å². The molecule has 1 N–H and O–H groups in total. The first-order chi connectivity index (χ1) is 17.4. The first kappa shape index (κ1) is 25.0. The monoisotopic (exact) mass is 493 g/mol. The zero-order chi connectivity index (χ0) is 25.5. The number of aromatic nitrogens is 3. The first-order valence-corrected chi connectivity index (χ1v) is 11.3. The summed E-state index contributed by atoms with van der Waals surface area (Å²) in [4.78, 5) is 16.3. The van der Waals surface area contributed by atoms with Gasteiger partial charge in [0.1, 0.15) is 42.2 Å². The minimum Gasteiger partial charge on any atom is -0.501 e. The lowest BCUT2D eigenvalue weighted by Gasteiger charge is -2.29. The minimum absolute atomic E-state index is 0.0683. The second kappa shape index (κ2) is 11.1. The van der Waals surface area contributed by atoms with Crippen LogP contribution in [0.3, 0.4) is 0 Å². The molecule has 36 heavy (non-hydrogen) atoms. The molecule has 1 atom stereocenters. The van der Waals surface area contributed by atoms with Crippen molar-refractivity contribution >= 4 is 11.9 Å². The Morgan fingerprint density at radius 3 is 2.61 bits per heavy atom. The summed E-state index contributed by atoms with van der Waals surface area (Å²) in [5.74, 6) is -0.445. The quantitative estimate of drug-likeness (QED) is 0.423. The Morgan fingerprint density at radius 2 is 1.97 bits per heavy atom. The van der Waals surface area contributed by atoms with E-state index in [9.17, 15) is 18.7 Å². The fourth-order valence-corrected chi connectivity index (χ4v) is 3.81. The predicted octanol–water partition coefficient (Wildman–Crippen LogP) is 4.36. The van der Waals surface area contributed by atoms with E-state index < -0.39 is 17.2 Å². The van der Waals surface area contributed by atoms with Crippen LogP contribution < -0.4 is 4.74 Å². The molecule has 0 bridgehead atoms. The van der Waals surface area contributed by atoms with E-state index in [1.54, 1.807) is 49.6 Å². The molecule has 1 aliphatic rings. The summed E-state index contributed by atoms with van der Waals surface area (Å²) in [6.45, 7) is -0.483. The SMILES string of the molecule is COC1=CC=C(C(=O)C=Cc2ccc(OCC(O)(Cn3cncn3)c3ccc(F)cc3F)cc2)CC1. The standard InChI is InChI=1S/C27H25F2N3O4/c1-35-22-10-5-20(6-11-22)26(33)13-4-19-2-8-23(9-3-19)36-16-27(34,15-32-18-30-17-31-32)24-12-7-21(28)14-25(24)29/h2-5,7-10,12-14,17-18,34H,6,11,15-16H2,1H3. The number of halogens is 2. The molecule has 0 aliphatic heterocycles. The van der Waals surface area contributed by atoms with Gasteiger partial charge < -0.3 is 14.6 Å². The molecule has 1 unspecified atom stereocenters. The number of carbonyl (C=O) groups excluding carboxylic acids is 1. The molecule has 9 heteroatoms. The van der Waals surface area contributed by atoms with Crippen LogP contribution in [-0.4, -0.2) is 39.4 Å². The molecule has 0 amide bonds. The molecule has 0 radical (unpaired) electrons. The highest BCUT2D eigenvalue weighted by Gasteiger charge is 2.34. The highest BCUT2D eigenvalue weighted by atomic mass is 19.1. The van der Waals surface area contributed by atoms with Crippen molar-refractivity contribution in [2.24, 2.45) is 0 Å². The first-order valence-electron chi connectivity index (χ1n) is 11.3. The normalized spacial score (nSPS) is 15.2. The number of rotatable bonds is 10. The number of nitrogens with zero attached hydrogens (tertiary/aromatic N) is 3. The summed E-state index contributed by atoms with van der Waals surface area (Å²) >= 11 is 0. The second-order valence-electron chi connectivity index (χ2n) is 8.33. The highest BCUT2D eigenvalue weighted by Crippen LogP contribution is 2.28. The van der Waals surface area contributed by atoms with Gasteiger partial charge >= 0.3 is 0 Å². The lowest BCUT2D eigenvalue weighted by atomic mass is 9.94. The van der Waals surface area contributed by atoms with Gasteiger partial charge in [0.2, 0.25) is 0 Å². The van der Waals surface area contributed by atoms with Crippen molar-refractivity contribution in [3.63, 3.8) is 0 Å². The van der Waals surface area contributed by atoms with Crippen molar-refractivity contribution in [2.45, 2.75) is 25.0 Å². The van der Waals surface area contributed by atoms with Gasteiger partial charge in [0, 0.05) is 23.6 Å². The van der Waals surface area contributed by atoms with E-state index in [0.29, 0.717) is 30.2 Å². The molecular formula is C27H25F2N3O4. The number of hydrogen-bond acceptors (Lipinski definition) is 6. The number of aliphatic hydroxyl groups is 1. The molecule has 1 aromatic heterocycles. The van der Waals surface area contributed by atoms with Crippen LogP contribution in [0.2, 0.25) is 0 Å². The fourth-order valence-electron chi connectivity index (χ4n) is 3.81. The Morgan fingerprint density at radius 1 is 1.17 bits per heavy atom. The Balaban J connectivity index is 1.43. The fraction of sp³-hybridized carbons (Fsp3) is 0.222. The number of benzene rings is 2. The maximum Gasteiger partial charge on any atom is 0.181 e. The van der Waals surface area contributed by atoms with Crippen LogP contribution in [0.5, 0.6) is 5.75 Å². The summed E-state index contributed by atoms with van der Waals surface area (Å²) < 4.78 is 40.2. The second-order valence-corrected chi connectivity index (χ2v) is 8.33. The molecule has 1 aliphatic carbocycles. The third-order valence-corrected chi connectivity index (χ3v) is 5.80. The molecule has 0 fully saturated rings. The minimum atomic E-state index is -1.85. The van der Waals surface area contributed by atoms with E-state index in [4.69, 9.17) is 9.47 Å². The average Bonchev–Trinajstić information content (AvgIpc) is 3.39. The molecule has 0 saturated carbocycles. The van der Waals surface area contributed by atoms with Crippen molar-refractivity contribution in [1.82, 2.24) is 14.8 Å². The summed E-state index contributed by atoms with van der Waals surface area (Å²) in [6, 6.07) is 9.83. The van der Waals surface area contributed by atoms with Gasteiger partial charge in [0.15, 0.2) is 5.78 Å². The zero-order valence-corrected chi connectivity index (χ0v) is 19.6. The number of hydrogen-bond donors (Lipinski definition) is 1. The summed E-state index contributed by atoms with van der Waals surface area (Å²) in [6.07, 6.45) is 10.8. The van der Waals surface area contributed by atoms with Gasteiger partial charge in [-0.15, -0.1) is 0 Å². The van der Waals surface area contributed by atoms with Gasteiger partial charge in [0.25, 0.3) is 0 Å². The Bertz CT molecular complexity index is 1300. The molecule has 7 nitrogen and oxygen atoms in total. The van der Waals surface area contributed by atoms with E-state index in [1.165, 1.54) is 29.5 Å². The largest absolute Gasteiger partial charge is 0.501 e. The molecule has 4 rings (SSSR count). The van der Waals surface area contributed by atoms with Crippen molar-refractivity contribution < 1.29 is 28.2 Å². The van der Waals surface area contributed by atoms with Crippen LogP contribution in [0.25, 0.3) is 6.08 Å². The van der Waals surface area contributed by atoms with Crippen LogP contribution in [-0.2, 0) is 21.7 Å². The zero-order valence-electron chi connectivity index (χ0n) is 19.6. The summed E-state index contributed by atoms with van der Waals surface area (Å²) in [5, 5.41) is 15.3. The third-order valence-electron chi connectivity index (χ3n) is 5.80. The predicted molar refractivity (Wildman–Crippen MR) is 129 cm³/mol. The maximum absolute atomic E-state index is 14.5. The number of allylic oxidation sites excluding steroid dienone is 5. The number of ether oxygens (including phenoxy) is 2. The average molecular weight is 494 g/mol. The number of methoxy groups -OCH3 is 1. The van der Waals surface area contributed by atoms with Gasteiger partial charge in [-0.05, 0) is 42.3 Å². The van der Waals surface area contributed by atoms with Crippen LogP contribution in [0, 0.1) is 11.6 Å². The smallest absolute Gasteiger partial charge is 0.181 e. The van der Waals surface area contributed by atoms with E-state index in [2.05, 4.69) is 10.1 Å².